The van der Waals surface area contributed by atoms with Gasteiger partial charge in [-0.25, -0.2) is 13.1 Å². The summed E-state index contributed by atoms with van der Waals surface area (Å²) in [4.78, 5) is 18.6. The topological polar surface area (TPSA) is 88.4 Å². The van der Waals surface area contributed by atoms with Crippen LogP contribution in [0.5, 0.6) is 0 Å². The van der Waals surface area contributed by atoms with Gasteiger partial charge in [0.25, 0.3) is 5.56 Å². The first-order chi connectivity index (χ1) is 13.9. The van der Waals surface area contributed by atoms with Crippen molar-refractivity contribution in [3.05, 3.63) is 64.7 Å². The van der Waals surface area contributed by atoms with Crippen LogP contribution in [0.3, 0.4) is 0 Å². The molecule has 0 spiro atoms. The highest BCUT2D eigenvalue weighted by Crippen LogP contribution is 2.24. The average Bonchev–Trinajstić information content (AvgIpc) is 2.74. The van der Waals surface area contributed by atoms with Crippen LogP contribution >= 0.6 is 0 Å². The van der Waals surface area contributed by atoms with Crippen molar-refractivity contribution in [1.29, 1.82) is 0 Å². The zero-order valence-electron chi connectivity index (χ0n) is 16.2. The highest BCUT2D eigenvalue weighted by molar-refractivity contribution is 7.89. The van der Waals surface area contributed by atoms with E-state index >= 15 is 0 Å². The van der Waals surface area contributed by atoms with Gasteiger partial charge in [0, 0.05) is 50.4 Å². The number of fused-ring (bicyclic) bond motifs is 1. The van der Waals surface area contributed by atoms with E-state index in [2.05, 4.69) is 15.0 Å². The van der Waals surface area contributed by atoms with Gasteiger partial charge in [-0.15, -0.1) is 0 Å². The van der Waals surface area contributed by atoms with E-state index in [0.717, 1.165) is 11.1 Å². The number of para-hydroxylation sites is 1. The fourth-order valence-electron chi connectivity index (χ4n) is 3.56. The number of benzene rings is 1. The molecule has 4 rings (SSSR count). The maximum Gasteiger partial charge on any atom is 0.266 e. The van der Waals surface area contributed by atoms with E-state index in [4.69, 9.17) is 0 Å². The Morgan fingerprint density at radius 1 is 0.966 bits per heavy atom. The summed E-state index contributed by atoms with van der Waals surface area (Å²) in [6, 6.07) is 12.1. The Balaban J connectivity index is 1.43. The number of nitrogens with zero attached hydrogens (tertiary/aromatic N) is 5. The molecule has 3 aromatic rings. The Morgan fingerprint density at radius 2 is 1.72 bits per heavy atom. The van der Waals surface area contributed by atoms with Crippen LogP contribution in [0.4, 0.5) is 0 Å². The molecule has 29 heavy (non-hydrogen) atoms. The molecular formula is C20H23N5O3S. The minimum atomic E-state index is -3.61. The highest BCUT2D eigenvalue weighted by Gasteiger charge is 2.30. The largest absolute Gasteiger partial charge is 0.299 e. The van der Waals surface area contributed by atoms with Crippen LogP contribution in [-0.2, 0) is 16.6 Å². The van der Waals surface area contributed by atoms with Crippen molar-refractivity contribution in [2.24, 2.45) is 0 Å². The minimum Gasteiger partial charge on any atom is -0.299 e. The van der Waals surface area contributed by atoms with Gasteiger partial charge >= 0.3 is 0 Å². The second kappa shape index (κ2) is 8.02. The number of sulfonamides is 1. The number of aryl methyl sites for hydroxylation is 1. The fourth-order valence-corrected chi connectivity index (χ4v) is 5.15. The third-order valence-corrected chi connectivity index (χ3v) is 7.10. The summed E-state index contributed by atoms with van der Waals surface area (Å²) in [6.07, 6.45) is 1.61. The SMILES string of the molecule is Cc1ccc(=O)n(CCN2CCN(S(=O)(=O)c3cccc4cccnc34)CC2)n1. The summed E-state index contributed by atoms with van der Waals surface area (Å²) in [6.45, 7) is 5.02. The lowest BCUT2D eigenvalue weighted by Gasteiger charge is -2.34. The monoisotopic (exact) mass is 413 g/mol. The molecule has 1 aliphatic rings. The van der Waals surface area contributed by atoms with Gasteiger partial charge in [-0.2, -0.15) is 9.40 Å². The molecule has 0 radical (unpaired) electrons. The molecule has 1 aliphatic heterocycles. The molecule has 9 heteroatoms. The molecule has 0 atom stereocenters. The van der Waals surface area contributed by atoms with E-state index in [0.29, 0.717) is 44.8 Å². The number of hydrogen-bond donors (Lipinski definition) is 0. The van der Waals surface area contributed by atoms with Crippen LogP contribution in [0.2, 0.25) is 0 Å². The Hall–Kier alpha value is -2.62. The summed E-state index contributed by atoms with van der Waals surface area (Å²) < 4.78 is 29.3. The Bertz CT molecular complexity index is 1180. The van der Waals surface area contributed by atoms with Crippen LogP contribution < -0.4 is 5.56 Å². The Kier molecular flexibility index (Phi) is 5.44. The average molecular weight is 414 g/mol. The van der Waals surface area contributed by atoms with E-state index in [1.54, 1.807) is 30.5 Å². The van der Waals surface area contributed by atoms with Gasteiger partial charge < -0.3 is 0 Å². The smallest absolute Gasteiger partial charge is 0.266 e. The maximum atomic E-state index is 13.2. The van der Waals surface area contributed by atoms with E-state index in [1.807, 2.05) is 19.1 Å². The standard InChI is InChI=1S/C20H23N5O3S/c1-16-7-8-19(26)25(22-16)15-12-23-10-13-24(14-11-23)29(27,28)18-6-2-4-17-5-3-9-21-20(17)18/h2-9H,10-15H2,1H3. The molecule has 1 saturated heterocycles. The number of rotatable bonds is 5. The van der Waals surface area contributed by atoms with Crippen LogP contribution in [-0.4, -0.2) is 65.1 Å². The molecule has 0 N–H and O–H groups in total. The van der Waals surface area contributed by atoms with E-state index in [9.17, 15) is 13.2 Å². The lowest BCUT2D eigenvalue weighted by molar-refractivity contribution is 0.180. The summed E-state index contributed by atoms with van der Waals surface area (Å²) in [5.41, 5.74) is 1.17. The first-order valence-corrected chi connectivity index (χ1v) is 11.0. The van der Waals surface area contributed by atoms with Crippen LogP contribution in [0.1, 0.15) is 5.69 Å². The molecule has 1 aromatic carbocycles. The number of piperazine rings is 1. The molecule has 0 saturated carbocycles. The summed E-state index contributed by atoms with van der Waals surface area (Å²) in [5, 5.41) is 5.05. The molecule has 8 nitrogen and oxygen atoms in total. The predicted molar refractivity (Wildman–Crippen MR) is 110 cm³/mol. The Labute approximate surface area is 169 Å². The quantitative estimate of drug-likeness (QED) is 0.623. The summed E-state index contributed by atoms with van der Waals surface area (Å²) in [7, 11) is -3.61. The summed E-state index contributed by atoms with van der Waals surface area (Å²) >= 11 is 0. The van der Waals surface area contributed by atoms with Crippen molar-refractivity contribution in [3.63, 3.8) is 0 Å². The molecule has 0 unspecified atom stereocenters. The Morgan fingerprint density at radius 3 is 2.52 bits per heavy atom. The van der Waals surface area contributed by atoms with Crippen molar-refractivity contribution < 1.29 is 8.42 Å². The van der Waals surface area contributed by atoms with E-state index in [1.165, 1.54) is 15.1 Å². The minimum absolute atomic E-state index is 0.125. The third kappa shape index (κ3) is 4.07. The van der Waals surface area contributed by atoms with Gasteiger partial charge in [0.05, 0.1) is 17.8 Å². The van der Waals surface area contributed by atoms with Crippen molar-refractivity contribution in [2.75, 3.05) is 32.7 Å². The number of hydrogen-bond acceptors (Lipinski definition) is 6. The van der Waals surface area contributed by atoms with Gasteiger partial charge in [-0.05, 0) is 25.1 Å². The molecule has 2 aromatic heterocycles. The zero-order valence-corrected chi connectivity index (χ0v) is 17.0. The first kappa shape index (κ1) is 19.7. The lowest BCUT2D eigenvalue weighted by atomic mass is 10.2. The molecule has 3 heterocycles. The zero-order chi connectivity index (χ0) is 20.4. The van der Waals surface area contributed by atoms with Gasteiger partial charge in [-0.1, -0.05) is 18.2 Å². The van der Waals surface area contributed by atoms with Gasteiger partial charge in [0.2, 0.25) is 10.0 Å². The van der Waals surface area contributed by atoms with Crippen LogP contribution in [0.15, 0.2) is 58.4 Å². The van der Waals surface area contributed by atoms with Gasteiger partial charge in [-0.3, -0.25) is 14.7 Å². The predicted octanol–water partition coefficient (Wildman–Crippen LogP) is 1.11. The number of pyridine rings is 1. The van der Waals surface area contributed by atoms with Crippen LogP contribution in [0, 0.1) is 6.92 Å². The van der Waals surface area contributed by atoms with Crippen molar-refractivity contribution in [2.45, 2.75) is 18.4 Å². The number of aromatic nitrogens is 3. The second-order valence-corrected chi connectivity index (χ2v) is 9.02. The molecule has 0 amide bonds. The van der Waals surface area contributed by atoms with E-state index in [-0.39, 0.29) is 10.5 Å². The van der Waals surface area contributed by atoms with E-state index < -0.39 is 10.0 Å². The molecule has 0 aliphatic carbocycles. The third-order valence-electron chi connectivity index (χ3n) is 5.17. The molecule has 1 fully saturated rings. The lowest BCUT2D eigenvalue weighted by Crippen LogP contribution is -2.49. The molecule has 0 bridgehead atoms. The first-order valence-electron chi connectivity index (χ1n) is 9.56. The molecular weight excluding hydrogens is 390 g/mol. The molecule has 152 valence electrons. The second-order valence-electron chi connectivity index (χ2n) is 7.11. The summed E-state index contributed by atoms with van der Waals surface area (Å²) in [5.74, 6) is 0. The highest BCUT2D eigenvalue weighted by atomic mass is 32.2. The van der Waals surface area contributed by atoms with Crippen molar-refractivity contribution in [3.8, 4) is 0 Å². The van der Waals surface area contributed by atoms with Gasteiger partial charge in [0.15, 0.2) is 0 Å². The normalized spacial score (nSPS) is 16.3. The van der Waals surface area contributed by atoms with Crippen LogP contribution in [0.25, 0.3) is 10.9 Å². The van der Waals surface area contributed by atoms with Crippen molar-refractivity contribution >= 4 is 20.9 Å². The fraction of sp³-hybridized carbons (Fsp3) is 0.350. The van der Waals surface area contributed by atoms with Gasteiger partial charge in [0.1, 0.15) is 4.90 Å². The van der Waals surface area contributed by atoms with Crippen molar-refractivity contribution in [1.82, 2.24) is 24.0 Å². The maximum absolute atomic E-state index is 13.2.